The van der Waals surface area contributed by atoms with E-state index in [1.807, 2.05) is 36.8 Å². The molecule has 1 aliphatic carbocycles. The van der Waals surface area contributed by atoms with Gasteiger partial charge in [-0.25, -0.2) is 4.98 Å². The fourth-order valence-corrected chi connectivity index (χ4v) is 2.51. The molecule has 100 valence electrons. The molecule has 0 unspecified atom stereocenters. The second kappa shape index (κ2) is 4.38. The van der Waals surface area contributed by atoms with E-state index in [1.165, 1.54) is 12.8 Å². The molecule has 0 bridgehead atoms. The molecule has 0 aromatic carbocycles. The monoisotopic (exact) mass is 265 g/mol. The summed E-state index contributed by atoms with van der Waals surface area (Å²) in [7, 11) is 0. The average molecular weight is 265 g/mol. The van der Waals surface area contributed by atoms with Gasteiger partial charge in [-0.2, -0.15) is 0 Å². The maximum absolute atomic E-state index is 5.62. The highest BCUT2D eigenvalue weighted by atomic mass is 15.1. The number of hydrogen-bond acceptors (Lipinski definition) is 4. The quantitative estimate of drug-likeness (QED) is 0.788. The van der Waals surface area contributed by atoms with Crippen LogP contribution in [0.1, 0.15) is 24.4 Å². The molecule has 3 aromatic heterocycles. The molecule has 1 saturated carbocycles. The Morgan fingerprint density at radius 1 is 1.20 bits per heavy atom. The maximum atomic E-state index is 5.62. The van der Waals surface area contributed by atoms with Gasteiger partial charge in [-0.05, 0) is 30.5 Å². The lowest BCUT2D eigenvalue weighted by molar-refractivity contribution is 0.772. The Morgan fingerprint density at radius 2 is 2.10 bits per heavy atom. The number of hydrogen-bond donors (Lipinski definition) is 1. The fourth-order valence-electron chi connectivity index (χ4n) is 2.51. The molecule has 1 fully saturated rings. The lowest BCUT2D eigenvalue weighted by atomic mass is 10.2. The van der Waals surface area contributed by atoms with Crippen LogP contribution >= 0.6 is 0 Å². The topological polar surface area (TPSA) is 69.6 Å². The van der Waals surface area contributed by atoms with Crippen LogP contribution in [0, 0.1) is 0 Å². The van der Waals surface area contributed by atoms with Gasteiger partial charge >= 0.3 is 0 Å². The Kier molecular flexibility index (Phi) is 2.53. The third-order valence-corrected chi connectivity index (χ3v) is 3.69. The van der Waals surface area contributed by atoms with Crippen molar-refractivity contribution in [3.63, 3.8) is 0 Å². The molecule has 4 rings (SSSR count). The zero-order valence-electron chi connectivity index (χ0n) is 11.0. The number of nitrogens with two attached hydrogens (primary N) is 1. The van der Waals surface area contributed by atoms with Crippen molar-refractivity contribution in [2.75, 3.05) is 0 Å². The summed E-state index contributed by atoms with van der Waals surface area (Å²) in [6.45, 7) is 0.510. The normalized spacial score (nSPS) is 14.8. The molecule has 0 radical (unpaired) electrons. The van der Waals surface area contributed by atoms with Gasteiger partial charge in [-0.15, -0.1) is 0 Å². The Labute approximate surface area is 116 Å². The van der Waals surface area contributed by atoms with Crippen LogP contribution in [0.3, 0.4) is 0 Å². The first-order chi connectivity index (χ1) is 9.86. The van der Waals surface area contributed by atoms with Gasteiger partial charge in [0, 0.05) is 25.0 Å². The third-order valence-electron chi connectivity index (χ3n) is 3.69. The van der Waals surface area contributed by atoms with Crippen molar-refractivity contribution in [1.82, 2.24) is 19.5 Å². The SMILES string of the molecule is NCc1ccc(-c2nc3cnccc3n2C2CC2)nc1. The molecular formula is C15H15N5. The molecule has 0 amide bonds. The van der Waals surface area contributed by atoms with Crippen LogP contribution in [0.15, 0.2) is 36.8 Å². The second-order valence-electron chi connectivity index (χ2n) is 5.16. The van der Waals surface area contributed by atoms with Crippen molar-refractivity contribution in [3.05, 3.63) is 42.4 Å². The molecule has 20 heavy (non-hydrogen) atoms. The van der Waals surface area contributed by atoms with E-state index in [-0.39, 0.29) is 0 Å². The molecule has 3 aromatic rings. The standard InChI is InChI=1S/C15H15N5/c16-7-10-1-4-12(18-8-10)15-19-13-9-17-6-5-14(13)20(15)11-2-3-11/h1,4-6,8-9,11H,2-3,7,16H2. The zero-order chi connectivity index (χ0) is 13.5. The lowest BCUT2D eigenvalue weighted by Crippen LogP contribution is -2.01. The minimum Gasteiger partial charge on any atom is -0.326 e. The van der Waals surface area contributed by atoms with Crippen LogP contribution in [0.4, 0.5) is 0 Å². The highest BCUT2D eigenvalue weighted by Crippen LogP contribution is 2.40. The van der Waals surface area contributed by atoms with Gasteiger partial charge in [-0.3, -0.25) is 9.97 Å². The van der Waals surface area contributed by atoms with Gasteiger partial charge in [-0.1, -0.05) is 6.07 Å². The van der Waals surface area contributed by atoms with Crippen molar-refractivity contribution in [1.29, 1.82) is 0 Å². The minimum absolute atomic E-state index is 0.510. The summed E-state index contributed by atoms with van der Waals surface area (Å²) in [4.78, 5) is 13.4. The van der Waals surface area contributed by atoms with E-state index in [1.54, 1.807) is 0 Å². The van der Waals surface area contributed by atoms with E-state index in [2.05, 4.69) is 14.5 Å². The first-order valence-electron chi connectivity index (χ1n) is 6.84. The summed E-state index contributed by atoms with van der Waals surface area (Å²) in [6.07, 6.45) is 7.87. The first kappa shape index (κ1) is 11.5. The Balaban J connectivity index is 1.91. The first-order valence-corrected chi connectivity index (χ1v) is 6.84. The molecule has 0 atom stereocenters. The molecule has 5 heteroatoms. The van der Waals surface area contributed by atoms with Crippen molar-refractivity contribution in [2.45, 2.75) is 25.4 Å². The van der Waals surface area contributed by atoms with E-state index in [0.29, 0.717) is 12.6 Å². The predicted molar refractivity (Wildman–Crippen MR) is 76.9 cm³/mol. The summed E-state index contributed by atoms with van der Waals surface area (Å²) < 4.78 is 2.29. The second-order valence-corrected chi connectivity index (χ2v) is 5.16. The van der Waals surface area contributed by atoms with Gasteiger partial charge in [0.1, 0.15) is 11.2 Å². The van der Waals surface area contributed by atoms with E-state index >= 15 is 0 Å². The predicted octanol–water partition coefficient (Wildman–Crippen LogP) is 2.29. The lowest BCUT2D eigenvalue weighted by Gasteiger charge is -2.07. The summed E-state index contributed by atoms with van der Waals surface area (Å²) in [5.74, 6) is 0.930. The summed E-state index contributed by atoms with van der Waals surface area (Å²) >= 11 is 0. The smallest absolute Gasteiger partial charge is 0.160 e. The molecule has 2 N–H and O–H groups in total. The zero-order valence-corrected chi connectivity index (χ0v) is 11.0. The van der Waals surface area contributed by atoms with Gasteiger partial charge in [0.05, 0.1) is 11.7 Å². The number of pyridine rings is 2. The van der Waals surface area contributed by atoms with Crippen LogP contribution in [-0.4, -0.2) is 19.5 Å². The van der Waals surface area contributed by atoms with E-state index in [9.17, 15) is 0 Å². The Bertz CT molecular complexity index is 756. The van der Waals surface area contributed by atoms with Gasteiger partial charge < -0.3 is 10.3 Å². The van der Waals surface area contributed by atoms with Gasteiger partial charge in [0.15, 0.2) is 5.82 Å². The van der Waals surface area contributed by atoms with Gasteiger partial charge in [0.25, 0.3) is 0 Å². The molecule has 0 saturated heterocycles. The molecule has 5 nitrogen and oxygen atoms in total. The van der Waals surface area contributed by atoms with Crippen molar-refractivity contribution >= 4 is 11.0 Å². The summed E-state index contributed by atoms with van der Waals surface area (Å²) in [6, 6.07) is 6.58. The number of fused-ring (bicyclic) bond motifs is 1. The molecule has 3 heterocycles. The van der Waals surface area contributed by atoms with Gasteiger partial charge in [0.2, 0.25) is 0 Å². The Hall–Kier alpha value is -2.27. The van der Waals surface area contributed by atoms with Crippen LogP contribution in [-0.2, 0) is 6.54 Å². The summed E-state index contributed by atoms with van der Waals surface area (Å²) in [5, 5.41) is 0. The van der Waals surface area contributed by atoms with Crippen molar-refractivity contribution in [2.24, 2.45) is 5.73 Å². The molecule has 1 aliphatic rings. The van der Waals surface area contributed by atoms with E-state index in [4.69, 9.17) is 10.7 Å². The largest absolute Gasteiger partial charge is 0.326 e. The fraction of sp³-hybridized carbons (Fsp3) is 0.267. The highest BCUT2D eigenvalue weighted by molar-refractivity contribution is 5.79. The number of aromatic nitrogens is 4. The van der Waals surface area contributed by atoms with Crippen molar-refractivity contribution in [3.8, 4) is 11.5 Å². The molecule has 0 spiro atoms. The third kappa shape index (κ3) is 1.78. The van der Waals surface area contributed by atoms with E-state index in [0.717, 1.165) is 28.1 Å². The van der Waals surface area contributed by atoms with E-state index < -0.39 is 0 Å². The number of imidazole rings is 1. The number of rotatable bonds is 3. The average Bonchev–Trinajstić information content (AvgIpc) is 3.27. The van der Waals surface area contributed by atoms with Crippen LogP contribution in [0.2, 0.25) is 0 Å². The highest BCUT2D eigenvalue weighted by Gasteiger charge is 2.29. The molecule has 0 aliphatic heterocycles. The minimum atomic E-state index is 0.510. The molecular weight excluding hydrogens is 250 g/mol. The number of nitrogens with zero attached hydrogens (tertiary/aromatic N) is 4. The summed E-state index contributed by atoms with van der Waals surface area (Å²) in [5.41, 5.74) is 9.62. The van der Waals surface area contributed by atoms with Crippen molar-refractivity contribution < 1.29 is 0 Å². The Morgan fingerprint density at radius 3 is 2.80 bits per heavy atom. The maximum Gasteiger partial charge on any atom is 0.160 e. The van der Waals surface area contributed by atoms with Crippen LogP contribution in [0.25, 0.3) is 22.6 Å². The van der Waals surface area contributed by atoms with Crippen LogP contribution in [0.5, 0.6) is 0 Å². The van der Waals surface area contributed by atoms with Crippen LogP contribution < -0.4 is 5.73 Å².